The molecular formula is C15H8Cl2F2OS. The monoisotopic (exact) mass is 344 g/mol. The van der Waals surface area contributed by atoms with Crippen molar-refractivity contribution in [2.45, 2.75) is 0 Å². The third kappa shape index (κ3) is 2.37. The first-order valence-corrected chi connectivity index (χ1v) is 7.50. The summed E-state index contributed by atoms with van der Waals surface area (Å²) in [4.78, 5) is 0.451. The molecule has 0 unspecified atom stereocenters. The van der Waals surface area contributed by atoms with Crippen molar-refractivity contribution in [3.63, 3.8) is 0 Å². The Kier molecular flexibility index (Phi) is 3.78. The van der Waals surface area contributed by atoms with Crippen LogP contribution in [0.4, 0.5) is 8.78 Å². The van der Waals surface area contributed by atoms with Gasteiger partial charge < -0.3 is 4.74 Å². The molecule has 2 aromatic carbocycles. The second-order valence-electron chi connectivity index (χ2n) is 4.33. The molecule has 0 saturated heterocycles. The molecule has 1 aromatic heterocycles. The van der Waals surface area contributed by atoms with Crippen LogP contribution in [0.1, 0.15) is 0 Å². The van der Waals surface area contributed by atoms with Crippen molar-refractivity contribution in [1.29, 1.82) is 0 Å². The Bertz CT molecular complexity index is 825. The lowest BCUT2D eigenvalue weighted by atomic mass is 10.1. The summed E-state index contributed by atoms with van der Waals surface area (Å²) < 4.78 is 33.5. The third-order valence-corrected chi connectivity index (χ3v) is 5.23. The van der Waals surface area contributed by atoms with E-state index in [9.17, 15) is 8.78 Å². The van der Waals surface area contributed by atoms with Crippen LogP contribution in [-0.4, -0.2) is 7.11 Å². The van der Waals surface area contributed by atoms with Gasteiger partial charge in [-0.05, 0) is 29.7 Å². The van der Waals surface area contributed by atoms with Crippen molar-refractivity contribution in [3.05, 3.63) is 52.0 Å². The van der Waals surface area contributed by atoms with Gasteiger partial charge in [-0.25, -0.2) is 8.78 Å². The number of rotatable bonds is 2. The maximum absolute atomic E-state index is 13.9. The Morgan fingerprint density at radius 1 is 1.05 bits per heavy atom. The van der Waals surface area contributed by atoms with Gasteiger partial charge in [0.05, 0.1) is 22.4 Å². The zero-order chi connectivity index (χ0) is 15.1. The first-order chi connectivity index (χ1) is 10.0. The molecule has 1 heterocycles. The van der Waals surface area contributed by atoms with Crippen LogP contribution in [0, 0.1) is 11.6 Å². The van der Waals surface area contributed by atoms with E-state index in [1.807, 2.05) is 0 Å². The van der Waals surface area contributed by atoms with Crippen molar-refractivity contribution < 1.29 is 13.5 Å². The molecule has 0 N–H and O–H groups in total. The van der Waals surface area contributed by atoms with Gasteiger partial charge >= 0.3 is 0 Å². The van der Waals surface area contributed by atoms with Crippen LogP contribution < -0.4 is 4.74 Å². The third-order valence-electron chi connectivity index (χ3n) is 3.08. The lowest BCUT2D eigenvalue weighted by molar-refractivity contribution is 0.415. The van der Waals surface area contributed by atoms with E-state index < -0.39 is 11.6 Å². The van der Waals surface area contributed by atoms with E-state index in [4.69, 9.17) is 27.9 Å². The van der Waals surface area contributed by atoms with Crippen molar-refractivity contribution in [2.24, 2.45) is 0 Å². The van der Waals surface area contributed by atoms with Gasteiger partial charge in [-0.15, -0.1) is 11.3 Å². The molecule has 21 heavy (non-hydrogen) atoms. The van der Waals surface area contributed by atoms with Crippen LogP contribution in [0.15, 0.2) is 30.3 Å². The summed E-state index contributed by atoms with van der Waals surface area (Å²) in [6.45, 7) is 0. The Hall–Kier alpha value is -1.36. The van der Waals surface area contributed by atoms with Crippen LogP contribution in [0.5, 0.6) is 5.75 Å². The van der Waals surface area contributed by atoms with Gasteiger partial charge in [0, 0.05) is 4.88 Å². The highest BCUT2D eigenvalue weighted by Crippen LogP contribution is 2.45. The van der Waals surface area contributed by atoms with E-state index in [0.29, 0.717) is 20.3 Å². The maximum atomic E-state index is 13.9. The summed E-state index contributed by atoms with van der Waals surface area (Å²) in [6.07, 6.45) is 0. The maximum Gasteiger partial charge on any atom is 0.139 e. The van der Waals surface area contributed by atoms with Crippen LogP contribution in [0.25, 0.3) is 20.5 Å². The molecule has 6 heteroatoms. The molecular weight excluding hydrogens is 337 g/mol. The second kappa shape index (κ2) is 5.44. The molecule has 3 aromatic rings. The van der Waals surface area contributed by atoms with Crippen molar-refractivity contribution >= 4 is 44.6 Å². The minimum Gasteiger partial charge on any atom is -0.495 e. The normalized spacial score (nSPS) is 11.1. The van der Waals surface area contributed by atoms with Gasteiger partial charge in [-0.2, -0.15) is 0 Å². The SMILES string of the molecule is COc1cc2cc(-c3c(F)cccc3F)sc2c(Cl)c1Cl. The Balaban J connectivity index is 2.29. The number of hydrogen-bond acceptors (Lipinski definition) is 2. The number of methoxy groups -OCH3 is 1. The highest BCUT2D eigenvalue weighted by Gasteiger charge is 2.18. The molecule has 0 radical (unpaired) electrons. The summed E-state index contributed by atoms with van der Waals surface area (Å²) in [5.74, 6) is -0.806. The lowest BCUT2D eigenvalue weighted by Gasteiger charge is -2.04. The van der Waals surface area contributed by atoms with Crippen molar-refractivity contribution in [3.8, 4) is 16.2 Å². The molecule has 3 rings (SSSR count). The van der Waals surface area contributed by atoms with E-state index >= 15 is 0 Å². The Morgan fingerprint density at radius 2 is 1.71 bits per heavy atom. The molecule has 1 nitrogen and oxygen atoms in total. The smallest absolute Gasteiger partial charge is 0.139 e. The number of ether oxygens (including phenoxy) is 1. The molecule has 0 aliphatic carbocycles. The fourth-order valence-electron chi connectivity index (χ4n) is 2.10. The van der Waals surface area contributed by atoms with Gasteiger partial charge in [0.2, 0.25) is 0 Å². The molecule has 0 spiro atoms. The predicted octanol–water partition coefficient (Wildman–Crippen LogP) is 6.16. The van der Waals surface area contributed by atoms with Gasteiger partial charge in [0.15, 0.2) is 0 Å². The summed E-state index contributed by atoms with van der Waals surface area (Å²) >= 11 is 13.5. The first kappa shape index (κ1) is 14.6. The molecule has 0 aliphatic heterocycles. The van der Waals surface area contributed by atoms with E-state index in [1.165, 1.54) is 36.6 Å². The van der Waals surface area contributed by atoms with E-state index in [2.05, 4.69) is 0 Å². The molecule has 0 saturated carbocycles. The molecule has 0 fully saturated rings. The Morgan fingerprint density at radius 3 is 2.33 bits per heavy atom. The number of thiophene rings is 1. The highest BCUT2D eigenvalue weighted by molar-refractivity contribution is 7.23. The van der Waals surface area contributed by atoms with E-state index in [-0.39, 0.29) is 10.6 Å². The van der Waals surface area contributed by atoms with Gasteiger partial charge in [-0.3, -0.25) is 0 Å². The molecule has 108 valence electrons. The van der Waals surface area contributed by atoms with Crippen molar-refractivity contribution in [2.75, 3.05) is 7.11 Å². The minimum atomic E-state index is -0.615. The number of hydrogen-bond donors (Lipinski definition) is 0. The number of benzene rings is 2. The van der Waals surface area contributed by atoms with Gasteiger partial charge in [-0.1, -0.05) is 29.3 Å². The lowest BCUT2D eigenvalue weighted by Crippen LogP contribution is -1.86. The highest BCUT2D eigenvalue weighted by atomic mass is 35.5. The molecule has 0 amide bonds. The minimum absolute atomic E-state index is 0.0649. The number of fused-ring (bicyclic) bond motifs is 1. The van der Waals surface area contributed by atoms with Crippen LogP contribution in [-0.2, 0) is 0 Å². The largest absolute Gasteiger partial charge is 0.495 e. The predicted molar refractivity (Wildman–Crippen MR) is 83.7 cm³/mol. The summed E-state index contributed by atoms with van der Waals surface area (Å²) in [5, 5.41) is 1.33. The van der Waals surface area contributed by atoms with Crippen LogP contribution >= 0.6 is 34.5 Å². The van der Waals surface area contributed by atoms with Gasteiger partial charge in [0.25, 0.3) is 0 Å². The van der Waals surface area contributed by atoms with E-state index in [1.54, 1.807) is 12.1 Å². The zero-order valence-electron chi connectivity index (χ0n) is 10.7. The topological polar surface area (TPSA) is 9.23 Å². The molecule has 0 atom stereocenters. The average molecular weight is 345 g/mol. The second-order valence-corrected chi connectivity index (χ2v) is 6.14. The van der Waals surface area contributed by atoms with Crippen LogP contribution in [0.2, 0.25) is 10.0 Å². The summed E-state index contributed by atoms with van der Waals surface area (Å²) in [7, 11) is 1.48. The first-order valence-electron chi connectivity index (χ1n) is 5.93. The van der Waals surface area contributed by atoms with Crippen LogP contribution in [0.3, 0.4) is 0 Å². The summed E-state index contributed by atoms with van der Waals surface area (Å²) in [5.41, 5.74) is -0.0649. The van der Waals surface area contributed by atoms with E-state index in [0.717, 1.165) is 5.39 Å². The van der Waals surface area contributed by atoms with Crippen molar-refractivity contribution in [1.82, 2.24) is 0 Å². The fourth-order valence-corrected chi connectivity index (χ4v) is 3.83. The van der Waals surface area contributed by atoms with Gasteiger partial charge in [0.1, 0.15) is 22.4 Å². The Labute approximate surface area is 133 Å². The zero-order valence-corrected chi connectivity index (χ0v) is 13.0. The quantitative estimate of drug-likeness (QED) is 0.540. The molecule has 0 aliphatic rings. The number of halogens is 4. The average Bonchev–Trinajstić information content (AvgIpc) is 2.86. The fraction of sp³-hybridized carbons (Fsp3) is 0.0667. The molecule has 0 bridgehead atoms. The standard InChI is InChI=1S/C15H8Cl2F2OS/c1-20-10-5-7-6-11(21-15(7)14(17)13(10)16)12-8(18)3-2-4-9(12)19/h2-6H,1H3. The summed E-state index contributed by atoms with van der Waals surface area (Å²) in [6, 6.07) is 7.14.